The van der Waals surface area contributed by atoms with Crippen molar-refractivity contribution in [2.75, 3.05) is 18.4 Å². The fraction of sp³-hybridized carbons (Fsp3) is 0.600. The largest absolute Gasteiger partial charge is 0.299 e. The van der Waals surface area contributed by atoms with Crippen molar-refractivity contribution < 1.29 is 4.79 Å². The minimum absolute atomic E-state index is 0.0171. The number of nitrogens with one attached hydrogen (secondary N) is 1. The van der Waals surface area contributed by atoms with Gasteiger partial charge in [-0.05, 0) is 31.9 Å². The van der Waals surface area contributed by atoms with Gasteiger partial charge in [-0.1, -0.05) is 18.3 Å². The lowest BCUT2D eigenvalue weighted by atomic mass is 10.2. The van der Waals surface area contributed by atoms with Gasteiger partial charge >= 0.3 is 0 Å². The first-order chi connectivity index (χ1) is 11.2. The zero-order valence-corrected chi connectivity index (χ0v) is 14.1. The third kappa shape index (κ3) is 4.35. The van der Waals surface area contributed by atoms with E-state index >= 15 is 0 Å². The number of nitrogens with zero attached hydrogens (tertiary/aromatic N) is 5. The molecule has 7 nitrogen and oxygen atoms in total. The van der Waals surface area contributed by atoms with Gasteiger partial charge in [0.2, 0.25) is 11.0 Å². The fourth-order valence-electron chi connectivity index (χ4n) is 2.90. The van der Waals surface area contributed by atoms with E-state index in [9.17, 15) is 4.79 Å². The normalized spacial score (nSPS) is 18.4. The maximum atomic E-state index is 12.2. The summed E-state index contributed by atoms with van der Waals surface area (Å²) in [5.41, 5.74) is 0. The average molecular weight is 334 g/mol. The average Bonchev–Trinajstić information content (AvgIpc) is 3.25. The highest BCUT2D eigenvalue weighted by molar-refractivity contribution is 7.15. The van der Waals surface area contributed by atoms with Crippen LogP contribution in [0.25, 0.3) is 0 Å². The van der Waals surface area contributed by atoms with Crippen LogP contribution in [0.2, 0.25) is 0 Å². The van der Waals surface area contributed by atoms with Crippen molar-refractivity contribution in [3.63, 3.8) is 0 Å². The van der Waals surface area contributed by atoms with Crippen molar-refractivity contribution in [3.8, 4) is 0 Å². The van der Waals surface area contributed by atoms with Crippen molar-refractivity contribution in [1.29, 1.82) is 0 Å². The molecule has 124 valence electrons. The Morgan fingerprint density at radius 2 is 2.39 bits per heavy atom. The third-order valence-corrected chi connectivity index (χ3v) is 4.88. The Bertz CT molecular complexity index is 626. The van der Waals surface area contributed by atoms with E-state index in [0.717, 1.165) is 43.8 Å². The number of aromatic nitrogens is 4. The highest BCUT2D eigenvalue weighted by Gasteiger charge is 2.26. The molecule has 0 radical (unpaired) electrons. The molecular formula is C15H22N6OS. The maximum Gasteiger partial charge on any atom is 0.240 e. The molecule has 0 aromatic carbocycles. The molecular weight excluding hydrogens is 312 g/mol. The molecule has 0 saturated carbocycles. The summed E-state index contributed by atoms with van der Waals surface area (Å²) in [6, 6.07) is 2.29. The van der Waals surface area contributed by atoms with Crippen LogP contribution in [0.15, 0.2) is 18.5 Å². The van der Waals surface area contributed by atoms with Crippen molar-refractivity contribution in [1.82, 2.24) is 24.9 Å². The van der Waals surface area contributed by atoms with Gasteiger partial charge in [0.15, 0.2) is 0 Å². The second-order valence-electron chi connectivity index (χ2n) is 5.79. The smallest absolute Gasteiger partial charge is 0.240 e. The molecule has 0 unspecified atom stereocenters. The Balaban J connectivity index is 1.51. The lowest BCUT2D eigenvalue weighted by Crippen LogP contribution is -2.39. The van der Waals surface area contributed by atoms with Crippen LogP contribution in [-0.2, 0) is 17.8 Å². The first-order valence-electron chi connectivity index (χ1n) is 8.08. The molecule has 1 aliphatic heterocycles. The number of carbonyl (C=O) groups excluding carboxylic acids is 1. The topological polar surface area (TPSA) is 75.9 Å². The number of hydrogen-bond acceptors (Lipinski definition) is 6. The molecule has 23 heavy (non-hydrogen) atoms. The molecule has 1 fully saturated rings. The highest BCUT2D eigenvalue weighted by Crippen LogP contribution is 2.20. The predicted octanol–water partition coefficient (Wildman–Crippen LogP) is 1.79. The van der Waals surface area contributed by atoms with Crippen LogP contribution in [0.5, 0.6) is 0 Å². The van der Waals surface area contributed by atoms with E-state index in [2.05, 4.69) is 32.4 Å². The Hall–Kier alpha value is -1.80. The Labute approximate surface area is 139 Å². The molecule has 2 aromatic heterocycles. The van der Waals surface area contributed by atoms with E-state index in [1.807, 2.05) is 16.9 Å². The molecule has 0 spiro atoms. The van der Waals surface area contributed by atoms with Crippen molar-refractivity contribution in [3.05, 3.63) is 23.5 Å². The second kappa shape index (κ2) is 7.65. The van der Waals surface area contributed by atoms with Gasteiger partial charge in [-0.2, -0.15) is 5.10 Å². The molecule has 1 atom stereocenters. The van der Waals surface area contributed by atoms with Gasteiger partial charge in [0.1, 0.15) is 5.01 Å². The van der Waals surface area contributed by atoms with Crippen molar-refractivity contribution in [2.24, 2.45) is 0 Å². The third-order valence-electron chi connectivity index (χ3n) is 3.98. The summed E-state index contributed by atoms with van der Waals surface area (Å²) in [5, 5.41) is 16.8. The van der Waals surface area contributed by atoms with Gasteiger partial charge < -0.3 is 0 Å². The minimum atomic E-state index is -0.0171. The summed E-state index contributed by atoms with van der Waals surface area (Å²) < 4.78 is 1.93. The molecule has 2 aromatic rings. The van der Waals surface area contributed by atoms with Crippen molar-refractivity contribution >= 4 is 22.4 Å². The van der Waals surface area contributed by atoms with E-state index in [1.165, 1.54) is 11.3 Å². The zero-order valence-electron chi connectivity index (χ0n) is 13.3. The minimum Gasteiger partial charge on any atom is -0.299 e. The van der Waals surface area contributed by atoms with E-state index in [0.29, 0.717) is 17.7 Å². The summed E-state index contributed by atoms with van der Waals surface area (Å²) in [4.78, 5) is 14.5. The molecule has 0 bridgehead atoms. The number of amides is 1. The summed E-state index contributed by atoms with van der Waals surface area (Å²) in [7, 11) is 0. The van der Waals surface area contributed by atoms with Gasteiger partial charge in [-0.25, -0.2) is 0 Å². The van der Waals surface area contributed by atoms with Crippen LogP contribution in [0.3, 0.4) is 0 Å². The maximum absolute atomic E-state index is 12.2. The van der Waals surface area contributed by atoms with E-state index in [1.54, 1.807) is 6.20 Å². The molecule has 0 aliphatic carbocycles. The van der Waals surface area contributed by atoms with Crippen molar-refractivity contribution in [2.45, 2.75) is 45.2 Å². The van der Waals surface area contributed by atoms with E-state index in [-0.39, 0.29) is 5.91 Å². The monoisotopic (exact) mass is 334 g/mol. The van der Waals surface area contributed by atoms with Gasteiger partial charge in [0.05, 0.1) is 13.1 Å². The van der Waals surface area contributed by atoms with Gasteiger partial charge in [0.25, 0.3) is 0 Å². The number of carbonyl (C=O) groups is 1. The first kappa shape index (κ1) is 16.1. The quantitative estimate of drug-likeness (QED) is 0.835. The van der Waals surface area contributed by atoms with Crippen LogP contribution in [0.4, 0.5) is 5.13 Å². The van der Waals surface area contributed by atoms with Crippen LogP contribution in [-0.4, -0.2) is 49.9 Å². The van der Waals surface area contributed by atoms with Gasteiger partial charge in [-0.15, -0.1) is 10.2 Å². The number of likely N-dealkylation sites (tertiary alicyclic amines) is 1. The van der Waals surface area contributed by atoms with E-state index < -0.39 is 0 Å². The molecule has 1 aliphatic rings. The van der Waals surface area contributed by atoms with Crippen LogP contribution >= 0.6 is 11.3 Å². The van der Waals surface area contributed by atoms with Gasteiger partial charge in [0, 0.05) is 24.9 Å². The molecule has 8 heteroatoms. The lowest BCUT2D eigenvalue weighted by Gasteiger charge is -2.23. The summed E-state index contributed by atoms with van der Waals surface area (Å²) in [6.07, 6.45) is 7.92. The standard InChI is InChI=1S/C15H22N6OS/c1-2-5-14-18-19-15(23-14)17-13(22)11-20-8-3-6-12(20)10-21-9-4-7-16-21/h4,7,9,12H,2-3,5-6,8,10-11H2,1H3,(H,17,19,22)/t12-/m0/s1. The fourth-order valence-corrected chi connectivity index (χ4v) is 3.75. The highest BCUT2D eigenvalue weighted by atomic mass is 32.1. The zero-order chi connectivity index (χ0) is 16.1. The number of aryl methyl sites for hydroxylation is 1. The Kier molecular flexibility index (Phi) is 5.35. The van der Waals surface area contributed by atoms with Crippen LogP contribution in [0, 0.1) is 0 Å². The number of hydrogen-bond donors (Lipinski definition) is 1. The van der Waals surface area contributed by atoms with Crippen LogP contribution in [0.1, 0.15) is 31.2 Å². The molecule has 3 heterocycles. The first-order valence-corrected chi connectivity index (χ1v) is 8.90. The SMILES string of the molecule is CCCc1nnc(NC(=O)CN2CCC[C@H]2Cn2cccn2)s1. The molecule has 3 rings (SSSR count). The van der Waals surface area contributed by atoms with E-state index in [4.69, 9.17) is 0 Å². The summed E-state index contributed by atoms with van der Waals surface area (Å²) in [5.74, 6) is -0.0171. The Morgan fingerprint density at radius 1 is 1.48 bits per heavy atom. The summed E-state index contributed by atoms with van der Waals surface area (Å²) in [6.45, 7) is 4.29. The second-order valence-corrected chi connectivity index (χ2v) is 6.86. The number of rotatable bonds is 7. The number of anilines is 1. The summed E-state index contributed by atoms with van der Waals surface area (Å²) >= 11 is 1.46. The van der Waals surface area contributed by atoms with Crippen LogP contribution < -0.4 is 5.32 Å². The molecule has 1 N–H and O–H groups in total. The Morgan fingerprint density at radius 3 is 3.17 bits per heavy atom. The molecule has 1 amide bonds. The van der Waals surface area contributed by atoms with Gasteiger partial charge in [-0.3, -0.25) is 19.7 Å². The predicted molar refractivity (Wildman–Crippen MR) is 89.4 cm³/mol. The lowest BCUT2D eigenvalue weighted by molar-refractivity contribution is -0.117. The molecule has 1 saturated heterocycles.